The first-order valence-corrected chi connectivity index (χ1v) is 11.5. The summed E-state index contributed by atoms with van der Waals surface area (Å²) in [5.74, 6) is 0.550. The SMILES string of the molecule is O=C1COC2=CN=C(CNC3CCN(C[C@]4(O)Cn5c(=O)ccc6ncc(F)c4c65)CC3)NC2=N1. The van der Waals surface area contributed by atoms with Crippen molar-refractivity contribution in [1.82, 2.24) is 25.1 Å². The van der Waals surface area contributed by atoms with Crippen LogP contribution in [-0.2, 0) is 21.7 Å². The first kappa shape index (κ1) is 22.0. The number of pyridine rings is 2. The van der Waals surface area contributed by atoms with Crippen LogP contribution in [0.5, 0.6) is 0 Å². The number of aliphatic imine (C=N–C) groups is 2. The Morgan fingerprint density at radius 1 is 1.29 bits per heavy atom. The molecular weight excluding hydrogens is 457 g/mol. The fourth-order valence-electron chi connectivity index (χ4n) is 5.22. The van der Waals surface area contributed by atoms with Crippen LogP contribution in [-0.4, -0.2) is 76.0 Å². The first-order valence-electron chi connectivity index (χ1n) is 11.5. The van der Waals surface area contributed by atoms with Crippen molar-refractivity contribution in [3.63, 3.8) is 0 Å². The third-order valence-electron chi connectivity index (χ3n) is 6.89. The summed E-state index contributed by atoms with van der Waals surface area (Å²) in [5.41, 5.74) is -0.742. The standard InChI is InChI=1S/C23H24FN7O4/c24-14-7-26-15-1-2-19(33)31-12-23(34,20(14)21(15)31)11-30-5-3-13(4-6-30)25-9-17-27-8-16-22(28-17)29-18(32)10-35-16/h1-2,7-8,13,25,34H,3-6,9-12H2,(H,27,28,29,32)/t23-/m0/s1. The van der Waals surface area contributed by atoms with Gasteiger partial charge in [-0.05, 0) is 32.0 Å². The van der Waals surface area contributed by atoms with Crippen LogP contribution in [0.1, 0.15) is 18.4 Å². The van der Waals surface area contributed by atoms with Crippen molar-refractivity contribution in [3.05, 3.63) is 52.0 Å². The number of carbonyl (C=O) groups excluding carboxylic acids is 1. The van der Waals surface area contributed by atoms with Crippen molar-refractivity contribution in [1.29, 1.82) is 0 Å². The Kier molecular flexibility index (Phi) is 5.24. The van der Waals surface area contributed by atoms with E-state index in [2.05, 4.69) is 30.5 Å². The second kappa shape index (κ2) is 8.33. The van der Waals surface area contributed by atoms with Gasteiger partial charge in [0.2, 0.25) is 0 Å². The highest BCUT2D eigenvalue weighted by molar-refractivity contribution is 6.15. The first-order chi connectivity index (χ1) is 16.9. The number of piperidine rings is 1. The molecule has 1 saturated heterocycles. The average Bonchev–Trinajstić information content (AvgIpc) is 3.17. The minimum absolute atomic E-state index is 0.0103. The minimum Gasteiger partial charge on any atom is -0.478 e. The highest BCUT2D eigenvalue weighted by Gasteiger charge is 2.43. The van der Waals surface area contributed by atoms with Gasteiger partial charge in [-0.3, -0.25) is 19.5 Å². The lowest BCUT2D eigenvalue weighted by molar-refractivity contribution is -0.121. The molecule has 0 bridgehead atoms. The summed E-state index contributed by atoms with van der Waals surface area (Å²) in [7, 11) is 0. The van der Waals surface area contributed by atoms with Gasteiger partial charge in [0.25, 0.3) is 11.5 Å². The molecule has 0 unspecified atom stereocenters. The van der Waals surface area contributed by atoms with Gasteiger partial charge in [0.15, 0.2) is 18.2 Å². The molecule has 11 nitrogen and oxygen atoms in total. The minimum atomic E-state index is -1.50. The monoisotopic (exact) mass is 481 g/mol. The van der Waals surface area contributed by atoms with Crippen molar-refractivity contribution >= 4 is 28.6 Å². The van der Waals surface area contributed by atoms with Crippen LogP contribution in [0.2, 0.25) is 0 Å². The zero-order chi connectivity index (χ0) is 24.2. The van der Waals surface area contributed by atoms with Gasteiger partial charge >= 0.3 is 0 Å². The topological polar surface area (TPSA) is 133 Å². The van der Waals surface area contributed by atoms with Gasteiger partial charge < -0.3 is 25.0 Å². The smallest absolute Gasteiger partial charge is 0.285 e. The molecule has 4 aliphatic rings. The van der Waals surface area contributed by atoms with Gasteiger partial charge in [0.1, 0.15) is 17.3 Å². The Morgan fingerprint density at radius 3 is 2.94 bits per heavy atom. The van der Waals surface area contributed by atoms with E-state index in [1.54, 1.807) is 12.3 Å². The van der Waals surface area contributed by atoms with E-state index in [1.807, 2.05) is 0 Å². The average molecular weight is 481 g/mol. The summed E-state index contributed by atoms with van der Waals surface area (Å²) in [6.07, 6.45) is 4.32. The number of aliphatic hydroxyl groups is 1. The molecule has 0 saturated carbocycles. The molecule has 0 radical (unpaired) electrons. The zero-order valence-electron chi connectivity index (χ0n) is 18.8. The second-order valence-corrected chi connectivity index (χ2v) is 9.27. The molecule has 35 heavy (non-hydrogen) atoms. The lowest BCUT2D eigenvalue weighted by Gasteiger charge is -2.37. The molecule has 2 aromatic rings. The van der Waals surface area contributed by atoms with Crippen LogP contribution in [0.25, 0.3) is 11.0 Å². The van der Waals surface area contributed by atoms with E-state index in [4.69, 9.17) is 4.74 Å². The fraction of sp³-hybridized carbons (Fsp3) is 0.435. The van der Waals surface area contributed by atoms with E-state index in [0.29, 0.717) is 48.1 Å². The molecule has 6 heterocycles. The summed E-state index contributed by atoms with van der Waals surface area (Å²) in [5, 5.41) is 18.0. The van der Waals surface area contributed by atoms with Crippen molar-refractivity contribution in [3.8, 4) is 0 Å². The second-order valence-electron chi connectivity index (χ2n) is 9.27. The number of hydrogen-bond acceptors (Lipinski definition) is 9. The molecule has 0 aliphatic carbocycles. The lowest BCUT2D eigenvalue weighted by Crippen LogP contribution is -2.50. The van der Waals surface area contributed by atoms with Gasteiger partial charge in [0, 0.05) is 18.7 Å². The molecular formula is C23H24FN7O4. The molecule has 1 fully saturated rings. The summed E-state index contributed by atoms with van der Waals surface area (Å²) in [6.45, 7) is 2.06. The van der Waals surface area contributed by atoms with Gasteiger partial charge in [0.05, 0.1) is 42.1 Å². The fourth-order valence-corrected chi connectivity index (χ4v) is 5.22. The molecule has 1 atom stereocenters. The third-order valence-corrected chi connectivity index (χ3v) is 6.89. The summed E-state index contributed by atoms with van der Waals surface area (Å²) >= 11 is 0. The maximum absolute atomic E-state index is 14.8. The number of nitrogens with zero attached hydrogens (tertiary/aromatic N) is 5. The Morgan fingerprint density at radius 2 is 2.11 bits per heavy atom. The number of likely N-dealkylation sites (tertiary alicyclic amines) is 1. The van der Waals surface area contributed by atoms with Gasteiger partial charge in [-0.25, -0.2) is 9.38 Å². The van der Waals surface area contributed by atoms with Crippen molar-refractivity contribution in [2.45, 2.75) is 31.0 Å². The maximum Gasteiger partial charge on any atom is 0.285 e. The Balaban J connectivity index is 1.07. The molecule has 0 aromatic carbocycles. The Bertz CT molecular complexity index is 1380. The molecule has 0 spiro atoms. The van der Waals surface area contributed by atoms with Gasteiger partial charge in [-0.1, -0.05) is 0 Å². The number of ether oxygens (including phenoxy) is 1. The van der Waals surface area contributed by atoms with E-state index < -0.39 is 11.4 Å². The molecule has 4 aliphatic heterocycles. The van der Waals surface area contributed by atoms with Gasteiger partial charge in [-0.15, -0.1) is 0 Å². The van der Waals surface area contributed by atoms with Crippen LogP contribution >= 0.6 is 0 Å². The highest BCUT2D eigenvalue weighted by atomic mass is 19.1. The number of aromatic nitrogens is 2. The summed E-state index contributed by atoms with van der Waals surface area (Å²) in [6, 6.07) is 3.19. The molecule has 1 amide bonds. The zero-order valence-corrected chi connectivity index (χ0v) is 18.8. The van der Waals surface area contributed by atoms with Crippen LogP contribution in [0.3, 0.4) is 0 Å². The largest absolute Gasteiger partial charge is 0.478 e. The third kappa shape index (κ3) is 3.93. The van der Waals surface area contributed by atoms with Crippen molar-refractivity contribution < 1.29 is 19.0 Å². The van der Waals surface area contributed by atoms with Gasteiger partial charge in [-0.2, -0.15) is 4.99 Å². The number of halogens is 1. The van der Waals surface area contributed by atoms with E-state index in [-0.39, 0.29) is 42.8 Å². The number of amidine groups is 2. The molecule has 3 N–H and O–H groups in total. The van der Waals surface area contributed by atoms with Crippen LogP contribution < -0.4 is 16.2 Å². The highest BCUT2D eigenvalue weighted by Crippen LogP contribution is 2.37. The van der Waals surface area contributed by atoms with Crippen molar-refractivity contribution in [2.75, 3.05) is 32.8 Å². The number of hydrogen-bond donors (Lipinski definition) is 3. The molecule has 12 heteroatoms. The lowest BCUT2D eigenvalue weighted by atomic mass is 9.93. The molecule has 6 rings (SSSR count). The van der Waals surface area contributed by atoms with Crippen LogP contribution in [0, 0.1) is 5.82 Å². The normalized spacial score (nSPS) is 24.4. The van der Waals surface area contributed by atoms with E-state index >= 15 is 0 Å². The number of rotatable bonds is 5. The molecule has 182 valence electrons. The number of fused-ring (bicyclic) bond motifs is 1. The Hall–Kier alpha value is -3.48. The predicted molar refractivity (Wildman–Crippen MR) is 124 cm³/mol. The number of carbonyl (C=O) groups is 1. The number of amides is 1. The number of β-amino-alcohol motifs (C(OH)–C–C–N with tert-alkyl or cyclic N) is 1. The number of nitrogens with one attached hydrogen (secondary N) is 2. The van der Waals surface area contributed by atoms with Crippen LogP contribution in [0.4, 0.5) is 4.39 Å². The van der Waals surface area contributed by atoms with Crippen LogP contribution in [0.15, 0.2) is 45.1 Å². The molecule has 2 aromatic heterocycles. The van der Waals surface area contributed by atoms with Crippen molar-refractivity contribution in [2.24, 2.45) is 9.98 Å². The van der Waals surface area contributed by atoms with E-state index in [1.165, 1.54) is 10.6 Å². The maximum atomic E-state index is 14.8. The quantitative estimate of drug-likeness (QED) is 0.525. The Labute approximate surface area is 199 Å². The summed E-state index contributed by atoms with van der Waals surface area (Å²) < 4.78 is 21.5. The predicted octanol–water partition coefficient (Wildman–Crippen LogP) is -0.411. The summed E-state index contributed by atoms with van der Waals surface area (Å²) in [4.78, 5) is 38.3. The van der Waals surface area contributed by atoms with E-state index in [9.17, 15) is 19.1 Å². The van der Waals surface area contributed by atoms with E-state index in [0.717, 1.165) is 19.0 Å².